The summed E-state index contributed by atoms with van der Waals surface area (Å²) in [5, 5.41) is 2.62. The highest BCUT2D eigenvalue weighted by molar-refractivity contribution is 6.85. The molecule has 0 fully saturated rings. The zero-order valence-electron chi connectivity index (χ0n) is 18.5. The first-order valence-electron chi connectivity index (χ1n) is 9.97. The van der Waals surface area contributed by atoms with E-state index in [2.05, 4.69) is 68.7 Å². The molecule has 0 radical (unpaired) electrons. The summed E-state index contributed by atoms with van der Waals surface area (Å²) in [6.07, 6.45) is 1.07. The molecule has 0 unspecified atom stereocenters. The predicted molar refractivity (Wildman–Crippen MR) is 125 cm³/mol. The quantitative estimate of drug-likeness (QED) is 0.424. The lowest BCUT2D eigenvalue weighted by atomic mass is 10.1. The van der Waals surface area contributed by atoms with E-state index >= 15 is 0 Å². The summed E-state index contributed by atoms with van der Waals surface area (Å²) in [5.41, 5.74) is 1.40. The van der Waals surface area contributed by atoms with E-state index in [4.69, 9.17) is 17.4 Å². The van der Waals surface area contributed by atoms with Gasteiger partial charge in [0, 0.05) is 27.4 Å². The molecule has 0 atom stereocenters. The van der Waals surface area contributed by atoms with E-state index < -0.39 is 25.4 Å². The number of benzene rings is 2. The second kappa shape index (κ2) is 9.80. The number of fused-ring (bicyclic) bond motifs is 1. The molecule has 0 heterocycles. The highest BCUT2D eigenvalue weighted by Crippen LogP contribution is 2.28. The average Bonchev–Trinajstić information content (AvgIpc) is 2.67. The fraction of sp³-hybridized carbons (Fsp3) is 0.524. The van der Waals surface area contributed by atoms with Gasteiger partial charge >= 0.3 is 8.80 Å². The monoisotopic (exact) mass is 436 g/mol. The molecule has 156 valence electrons. The molecular formula is C21H36O4Si3. The molecule has 0 aliphatic carbocycles. The largest absolute Gasteiger partial charge is 0.499 e. The van der Waals surface area contributed by atoms with E-state index in [1.54, 1.807) is 21.3 Å². The van der Waals surface area contributed by atoms with Gasteiger partial charge in [-0.3, -0.25) is 0 Å². The number of rotatable bonds is 11. The van der Waals surface area contributed by atoms with Gasteiger partial charge in [0.15, 0.2) is 16.6 Å². The van der Waals surface area contributed by atoms with Gasteiger partial charge in [0.2, 0.25) is 0 Å². The van der Waals surface area contributed by atoms with Crippen LogP contribution < -0.4 is 0 Å². The Morgan fingerprint density at radius 1 is 0.679 bits per heavy atom. The maximum atomic E-state index is 6.80. The van der Waals surface area contributed by atoms with Crippen molar-refractivity contribution in [2.45, 2.75) is 50.7 Å². The summed E-state index contributed by atoms with van der Waals surface area (Å²) in [4.78, 5) is 0. The highest BCUT2D eigenvalue weighted by Gasteiger charge is 2.41. The molecule has 0 aliphatic heterocycles. The fourth-order valence-corrected chi connectivity index (χ4v) is 16.1. The summed E-state index contributed by atoms with van der Waals surface area (Å²) in [5.74, 6) is 0. The Morgan fingerprint density at radius 2 is 1.25 bits per heavy atom. The smallest absolute Gasteiger partial charge is 0.455 e. The van der Waals surface area contributed by atoms with Gasteiger partial charge in [0.05, 0.1) is 0 Å². The van der Waals surface area contributed by atoms with Gasteiger partial charge in [-0.25, -0.2) is 0 Å². The second-order valence-electron chi connectivity index (χ2n) is 8.60. The van der Waals surface area contributed by atoms with Gasteiger partial charge in [-0.15, -0.1) is 0 Å². The molecule has 7 heteroatoms. The lowest BCUT2D eigenvalue weighted by molar-refractivity contribution is 0.125. The molecule has 0 saturated heterocycles. The lowest BCUT2D eigenvalue weighted by Gasteiger charge is -2.35. The summed E-state index contributed by atoms with van der Waals surface area (Å²) in [6.45, 7) is 9.29. The van der Waals surface area contributed by atoms with E-state index in [0.717, 1.165) is 24.6 Å². The van der Waals surface area contributed by atoms with Crippen LogP contribution in [0.4, 0.5) is 0 Å². The van der Waals surface area contributed by atoms with Gasteiger partial charge in [0.25, 0.3) is 0 Å². The van der Waals surface area contributed by atoms with Crippen molar-refractivity contribution >= 4 is 36.2 Å². The van der Waals surface area contributed by atoms with Crippen LogP contribution in [0.25, 0.3) is 10.8 Å². The van der Waals surface area contributed by atoms with E-state index in [1.807, 2.05) is 0 Å². The Kier molecular flexibility index (Phi) is 8.21. The molecule has 0 aromatic heterocycles. The summed E-state index contributed by atoms with van der Waals surface area (Å²) >= 11 is 0. The van der Waals surface area contributed by atoms with Gasteiger partial charge in [-0.05, 0) is 61.0 Å². The van der Waals surface area contributed by atoms with Gasteiger partial charge < -0.3 is 17.4 Å². The van der Waals surface area contributed by atoms with Crippen molar-refractivity contribution < 1.29 is 17.4 Å². The zero-order valence-corrected chi connectivity index (χ0v) is 21.5. The number of aryl methyl sites for hydroxylation is 1. The van der Waals surface area contributed by atoms with Gasteiger partial charge in [0.1, 0.15) is 0 Å². The minimum atomic E-state index is -2.53. The third kappa shape index (κ3) is 6.62. The summed E-state index contributed by atoms with van der Waals surface area (Å²) in [7, 11) is -1.08. The maximum Gasteiger partial charge on any atom is 0.499 e. The van der Waals surface area contributed by atoms with E-state index in [9.17, 15) is 0 Å². The molecule has 0 spiro atoms. The van der Waals surface area contributed by atoms with Crippen molar-refractivity contribution in [2.75, 3.05) is 21.3 Å². The Morgan fingerprint density at radius 3 is 1.86 bits per heavy atom. The molecule has 0 saturated carbocycles. The standard InChI is InChI=1S/C21H36O4Si3/c1-22-28(23-2,24-3)17-16-27(6,7)25-26(4,5)15-14-19-12-13-20-10-8-9-11-21(20)18-19/h8-13,18H,14-17H2,1-7H3. The molecule has 0 aliphatic rings. The minimum absolute atomic E-state index is 0.810. The number of hydrogen-bond donors (Lipinski definition) is 0. The van der Waals surface area contributed by atoms with Crippen LogP contribution in [0.2, 0.25) is 44.3 Å². The molecule has 2 aromatic carbocycles. The van der Waals surface area contributed by atoms with E-state index in [-0.39, 0.29) is 0 Å². The van der Waals surface area contributed by atoms with Crippen molar-refractivity contribution in [3.05, 3.63) is 48.0 Å². The SMILES string of the molecule is CO[Si](CC[Si](C)(C)O[Si](C)(C)CCc1ccc2ccccc2c1)(OC)OC. The molecule has 0 bridgehead atoms. The van der Waals surface area contributed by atoms with Crippen molar-refractivity contribution in [3.8, 4) is 0 Å². The van der Waals surface area contributed by atoms with Gasteiger partial charge in [-0.2, -0.15) is 0 Å². The van der Waals surface area contributed by atoms with Crippen LogP contribution in [-0.2, 0) is 23.8 Å². The van der Waals surface area contributed by atoms with Crippen LogP contribution >= 0.6 is 0 Å². The first-order chi connectivity index (χ1) is 13.1. The van der Waals surface area contributed by atoms with Crippen LogP contribution in [0, 0.1) is 0 Å². The Hall–Kier alpha value is -0.809. The van der Waals surface area contributed by atoms with E-state index in [1.165, 1.54) is 16.3 Å². The topological polar surface area (TPSA) is 36.9 Å². The first-order valence-corrected chi connectivity index (χ1v) is 18.1. The molecule has 4 nitrogen and oxygen atoms in total. The first kappa shape index (κ1) is 23.5. The van der Waals surface area contributed by atoms with Crippen molar-refractivity contribution in [2.24, 2.45) is 0 Å². The Balaban J connectivity index is 1.95. The third-order valence-corrected chi connectivity index (χ3v) is 15.9. The normalized spacial score (nSPS) is 13.2. The second-order valence-corrected chi connectivity index (χ2v) is 20.5. The molecule has 2 rings (SSSR count). The van der Waals surface area contributed by atoms with Crippen LogP contribution in [0.15, 0.2) is 42.5 Å². The maximum absolute atomic E-state index is 6.80. The third-order valence-electron chi connectivity index (χ3n) is 5.35. The van der Waals surface area contributed by atoms with E-state index in [0.29, 0.717) is 0 Å². The van der Waals surface area contributed by atoms with Crippen molar-refractivity contribution in [1.29, 1.82) is 0 Å². The van der Waals surface area contributed by atoms with Crippen LogP contribution in [0.1, 0.15) is 5.56 Å². The summed E-state index contributed by atoms with van der Waals surface area (Å²) in [6, 6.07) is 18.3. The van der Waals surface area contributed by atoms with Crippen LogP contribution in [-0.4, -0.2) is 46.8 Å². The van der Waals surface area contributed by atoms with Gasteiger partial charge in [-0.1, -0.05) is 42.5 Å². The van der Waals surface area contributed by atoms with Crippen molar-refractivity contribution in [3.63, 3.8) is 0 Å². The lowest BCUT2D eigenvalue weighted by Crippen LogP contribution is -2.48. The molecule has 2 aromatic rings. The van der Waals surface area contributed by atoms with Crippen LogP contribution in [0.5, 0.6) is 0 Å². The van der Waals surface area contributed by atoms with Crippen molar-refractivity contribution in [1.82, 2.24) is 0 Å². The highest BCUT2D eigenvalue weighted by atomic mass is 28.4. The molecule has 28 heavy (non-hydrogen) atoms. The zero-order chi connectivity index (χ0) is 20.8. The Bertz CT molecular complexity index is 752. The van der Waals surface area contributed by atoms with Crippen LogP contribution in [0.3, 0.4) is 0 Å². The number of hydrogen-bond acceptors (Lipinski definition) is 4. The predicted octanol–water partition coefficient (Wildman–Crippen LogP) is 5.69. The average molecular weight is 437 g/mol. The molecule has 0 N–H and O–H groups in total. The molecular weight excluding hydrogens is 400 g/mol. The molecule has 0 amide bonds. The summed E-state index contributed by atoms with van der Waals surface area (Å²) < 4.78 is 23.5. The fourth-order valence-electron chi connectivity index (χ4n) is 3.70. The Labute approximate surface area is 173 Å². The minimum Gasteiger partial charge on any atom is -0.455 e.